The van der Waals surface area contributed by atoms with Gasteiger partial charge in [-0.25, -0.2) is 4.98 Å². The van der Waals surface area contributed by atoms with Crippen LogP contribution in [0.3, 0.4) is 0 Å². The summed E-state index contributed by atoms with van der Waals surface area (Å²) in [6.07, 6.45) is 5.98. The van der Waals surface area contributed by atoms with Crippen LogP contribution in [0.4, 0.5) is 0 Å². The Balaban J connectivity index is 1.71. The van der Waals surface area contributed by atoms with Crippen molar-refractivity contribution in [2.45, 2.75) is 32.1 Å². The van der Waals surface area contributed by atoms with Gasteiger partial charge in [-0.15, -0.1) is 11.3 Å². The molecule has 1 amide bonds. The van der Waals surface area contributed by atoms with E-state index in [4.69, 9.17) is 5.73 Å². The molecule has 0 radical (unpaired) electrons. The van der Waals surface area contributed by atoms with Crippen LogP contribution in [0.15, 0.2) is 5.38 Å². The number of rotatable bonds is 6. The molecule has 1 saturated heterocycles. The lowest BCUT2D eigenvalue weighted by Crippen LogP contribution is -2.35. The summed E-state index contributed by atoms with van der Waals surface area (Å²) in [5.41, 5.74) is 6.00. The Morgan fingerprint density at radius 2 is 2.10 bits per heavy atom. The highest BCUT2D eigenvalue weighted by Gasteiger charge is 2.12. The monoisotopic (exact) mass is 296 g/mol. The third-order valence-corrected chi connectivity index (χ3v) is 4.46. The number of hydrogen-bond donors (Lipinski definition) is 2. The van der Waals surface area contributed by atoms with Crippen LogP contribution >= 0.6 is 11.3 Å². The average molecular weight is 296 g/mol. The topological polar surface area (TPSA) is 71.2 Å². The third kappa shape index (κ3) is 4.85. The number of hydrogen-bond acceptors (Lipinski definition) is 5. The number of likely N-dealkylation sites (tertiary alicyclic amines) is 1. The average Bonchev–Trinajstić information content (AvgIpc) is 2.75. The maximum atomic E-state index is 12.0. The highest BCUT2D eigenvalue weighted by atomic mass is 32.1. The molecule has 5 nitrogen and oxygen atoms in total. The first-order valence-electron chi connectivity index (χ1n) is 7.44. The fourth-order valence-corrected chi connectivity index (χ4v) is 3.23. The van der Waals surface area contributed by atoms with Crippen LogP contribution < -0.4 is 11.1 Å². The number of thiazole rings is 1. The number of amides is 1. The van der Waals surface area contributed by atoms with Crippen LogP contribution in [0, 0.1) is 0 Å². The quantitative estimate of drug-likeness (QED) is 0.829. The van der Waals surface area contributed by atoms with E-state index in [0.29, 0.717) is 18.8 Å². The minimum atomic E-state index is -0.0701. The summed E-state index contributed by atoms with van der Waals surface area (Å²) in [4.78, 5) is 18.7. The van der Waals surface area contributed by atoms with Crippen molar-refractivity contribution < 1.29 is 4.79 Å². The van der Waals surface area contributed by atoms with Crippen LogP contribution in [0.2, 0.25) is 0 Å². The predicted molar refractivity (Wildman–Crippen MR) is 82.1 cm³/mol. The van der Waals surface area contributed by atoms with Gasteiger partial charge in [0.2, 0.25) is 0 Å². The molecule has 0 bridgehead atoms. The molecule has 0 saturated carbocycles. The van der Waals surface area contributed by atoms with Crippen molar-refractivity contribution in [2.75, 3.05) is 32.7 Å². The van der Waals surface area contributed by atoms with Crippen molar-refractivity contribution in [2.24, 2.45) is 5.73 Å². The summed E-state index contributed by atoms with van der Waals surface area (Å²) in [7, 11) is 0. The van der Waals surface area contributed by atoms with Crippen LogP contribution in [0.5, 0.6) is 0 Å². The van der Waals surface area contributed by atoms with Crippen molar-refractivity contribution >= 4 is 17.2 Å². The number of nitrogens with zero attached hydrogens (tertiary/aromatic N) is 2. The summed E-state index contributed by atoms with van der Waals surface area (Å²) in [6.45, 7) is 4.53. The maximum absolute atomic E-state index is 12.0. The van der Waals surface area contributed by atoms with Crippen molar-refractivity contribution in [3.8, 4) is 0 Å². The SMILES string of the molecule is NCCc1nc(C(=O)NCCN2CCCCCC2)cs1. The molecule has 112 valence electrons. The second-order valence-corrected chi connectivity index (χ2v) is 6.12. The molecule has 6 heteroatoms. The zero-order valence-corrected chi connectivity index (χ0v) is 12.8. The Hall–Kier alpha value is -0.980. The van der Waals surface area contributed by atoms with E-state index in [0.717, 1.165) is 31.1 Å². The Morgan fingerprint density at radius 1 is 1.35 bits per heavy atom. The summed E-state index contributed by atoms with van der Waals surface area (Å²) in [5.74, 6) is -0.0701. The van der Waals surface area contributed by atoms with E-state index in [-0.39, 0.29) is 5.91 Å². The van der Waals surface area contributed by atoms with E-state index in [1.807, 2.05) is 5.38 Å². The minimum absolute atomic E-state index is 0.0701. The van der Waals surface area contributed by atoms with E-state index in [2.05, 4.69) is 15.2 Å². The van der Waals surface area contributed by atoms with Crippen LogP contribution in [0.1, 0.15) is 41.2 Å². The van der Waals surface area contributed by atoms with Crippen LogP contribution in [0.25, 0.3) is 0 Å². The lowest BCUT2D eigenvalue weighted by molar-refractivity contribution is 0.0944. The molecule has 1 aliphatic rings. The fraction of sp³-hybridized carbons (Fsp3) is 0.714. The van der Waals surface area contributed by atoms with Gasteiger partial charge in [0.05, 0.1) is 5.01 Å². The zero-order valence-electron chi connectivity index (χ0n) is 11.9. The fourth-order valence-electron chi connectivity index (χ4n) is 2.43. The molecule has 1 fully saturated rings. The van der Waals surface area contributed by atoms with E-state index < -0.39 is 0 Å². The smallest absolute Gasteiger partial charge is 0.270 e. The van der Waals surface area contributed by atoms with E-state index >= 15 is 0 Å². The Morgan fingerprint density at radius 3 is 2.80 bits per heavy atom. The number of aromatic nitrogens is 1. The predicted octanol–water partition coefficient (Wildman–Crippen LogP) is 1.25. The first-order chi connectivity index (χ1) is 9.79. The van der Waals surface area contributed by atoms with Gasteiger partial charge >= 0.3 is 0 Å². The Labute approximate surface area is 124 Å². The lowest BCUT2D eigenvalue weighted by atomic mass is 10.2. The molecule has 1 aromatic rings. The molecule has 1 aliphatic heterocycles. The molecule has 20 heavy (non-hydrogen) atoms. The van der Waals surface area contributed by atoms with Crippen molar-refractivity contribution in [3.05, 3.63) is 16.1 Å². The van der Waals surface area contributed by atoms with Gasteiger partial charge in [-0.2, -0.15) is 0 Å². The zero-order chi connectivity index (χ0) is 14.2. The summed E-state index contributed by atoms with van der Waals surface area (Å²) < 4.78 is 0. The van der Waals surface area contributed by atoms with E-state index in [1.54, 1.807) is 0 Å². The maximum Gasteiger partial charge on any atom is 0.270 e. The number of nitrogens with two attached hydrogens (primary N) is 1. The van der Waals surface area contributed by atoms with Crippen molar-refractivity contribution in [1.82, 2.24) is 15.2 Å². The molecule has 0 unspecified atom stereocenters. The molecule has 0 spiro atoms. The summed E-state index contributed by atoms with van der Waals surface area (Å²) >= 11 is 1.50. The number of carbonyl (C=O) groups is 1. The van der Waals surface area contributed by atoms with Crippen LogP contribution in [-0.4, -0.2) is 48.5 Å². The van der Waals surface area contributed by atoms with Gasteiger partial charge in [0, 0.05) is 24.9 Å². The van der Waals surface area contributed by atoms with E-state index in [9.17, 15) is 4.79 Å². The molecule has 2 rings (SSSR count). The first-order valence-corrected chi connectivity index (χ1v) is 8.32. The first kappa shape index (κ1) is 15.4. The number of carbonyl (C=O) groups excluding carboxylic acids is 1. The third-order valence-electron chi connectivity index (χ3n) is 3.55. The molecular formula is C14H24N4OS. The molecule has 2 heterocycles. The molecule has 0 aromatic carbocycles. The van der Waals surface area contributed by atoms with Gasteiger partial charge in [-0.1, -0.05) is 12.8 Å². The van der Waals surface area contributed by atoms with Gasteiger partial charge in [0.15, 0.2) is 0 Å². The lowest BCUT2D eigenvalue weighted by Gasteiger charge is -2.19. The summed E-state index contributed by atoms with van der Waals surface area (Å²) in [6, 6.07) is 0. The van der Waals surface area contributed by atoms with Crippen LogP contribution in [-0.2, 0) is 6.42 Å². The highest BCUT2D eigenvalue weighted by Crippen LogP contribution is 2.10. The molecule has 0 atom stereocenters. The molecule has 1 aromatic heterocycles. The Kier molecular flexibility index (Phi) is 6.42. The standard InChI is InChI=1S/C14H24N4OS/c15-6-5-13-17-12(11-20-13)14(19)16-7-10-18-8-3-1-2-4-9-18/h11H,1-10,15H2,(H,16,19). The van der Waals surface area contributed by atoms with Crippen molar-refractivity contribution in [3.63, 3.8) is 0 Å². The van der Waals surface area contributed by atoms with E-state index in [1.165, 1.54) is 37.0 Å². The molecular weight excluding hydrogens is 272 g/mol. The van der Waals surface area contributed by atoms with Gasteiger partial charge in [-0.3, -0.25) is 4.79 Å². The van der Waals surface area contributed by atoms with Crippen molar-refractivity contribution in [1.29, 1.82) is 0 Å². The molecule has 3 N–H and O–H groups in total. The van der Waals surface area contributed by atoms with Gasteiger partial charge in [-0.05, 0) is 32.5 Å². The minimum Gasteiger partial charge on any atom is -0.349 e. The largest absolute Gasteiger partial charge is 0.349 e. The van der Waals surface area contributed by atoms with Gasteiger partial charge in [0.25, 0.3) is 5.91 Å². The molecule has 0 aliphatic carbocycles. The second-order valence-electron chi connectivity index (χ2n) is 5.18. The summed E-state index contributed by atoms with van der Waals surface area (Å²) in [5, 5.41) is 5.70. The Bertz CT molecular complexity index is 413. The highest BCUT2D eigenvalue weighted by molar-refractivity contribution is 7.09. The number of nitrogens with one attached hydrogen (secondary N) is 1. The van der Waals surface area contributed by atoms with Gasteiger partial charge in [0.1, 0.15) is 5.69 Å². The second kappa shape index (κ2) is 8.34. The normalized spacial score (nSPS) is 16.9. The van der Waals surface area contributed by atoms with Gasteiger partial charge < -0.3 is 16.0 Å².